The standard InChI is InChI=1S/C17H20O4/c1-20-16(18)15-11-13(12-7-3-2-4-8-12)14-9-5-6-10-17(14,19)21-15/h2-4,7-8,11,13-14,19H,5-6,9-10H2,1H3/t13-,14+,17+/m1/s1. The number of carbonyl (C=O) groups is 1. The zero-order chi connectivity index (χ0) is 14.9. The van der Waals surface area contributed by atoms with Crippen molar-refractivity contribution < 1.29 is 19.4 Å². The molecule has 0 radical (unpaired) electrons. The van der Waals surface area contributed by atoms with Crippen LogP contribution in [0.15, 0.2) is 42.2 Å². The van der Waals surface area contributed by atoms with E-state index in [2.05, 4.69) is 0 Å². The fraction of sp³-hybridized carbons (Fsp3) is 0.471. The minimum absolute atomic E-state index is 0.0259. The molecule has 4 heteroatoms. The number of carbonyl (C=O) groups excluding carboxylic acids is 1. The number of ether oxygens (including phenoxy) is 2. The van der Waals surface area contributed by atoms with Gasteiger partial charge in [-0.15, -0.1) is 0 Å². The molecule has 3 rings (SSSR count). The summed E-state index contributed by atoms with van der Waals surface area (Å²) in [6, 6.07) is 9.95. The van der Waals surface area contributed by atoms with Gasteiger partial charge in [-0.2, -0.15) is 0 Å². The molecular formula is C17H20O4. The van der Waals surface area contributed by atoms with Gasteiger partial charge in [-0.25, -0.2) is 4.79 Å². The van der Waals surface area contributed by atoms with Gasteiger partial charge in [-0.1, -0.05) is 36.8 Å². The third-order valence-electron chi connectivity index (χ3n) is 4.50. The van der Waals surface area contributed by atoms with Gasteiger partial charge >= 0.3 is 5.97 Å². The molecule has 0 unspecified atom stereocenters. The molecule has 1 aromatic carbocycles. The molecule has 1 aliphatic carbocycles. The van der Waals surface area contributed by atoms with Gasteiger partial charge in [-0.05, 0) is 24.5 Å². The highest BCUT2D eigenvalue weighted by molar-refractivity contribution is 5.86. The van der Waals surface area contributed by atoms with E-state index in [4.69, 9.17) is 9.47 Å². The SMILES string of the molecule is COC(=O)C1=C[C@H](c2ccccc2)[C@@H]2CCCC[C@]2(O)O1. The molecule has 21 heavy (non-hydrogen) atoms. The number of aliphatic hydroxyl groups is 1. The van der Waals surface area contributed by atoms with Crippen molar-refractivity contribution in [2.75, 3.05) is 7.11 Å². The Bertz CT molecular complexity index is 551. The summed E-state index contributed by atoms with van der Waals surface area (Å²) in [5.74, 6) is -1.74. The van der Waals surface area contributed by atoms with Crippen LogP contribution in [0, 0.1) is 5.92 Å². The molecule has 1 aromatic rings. The summed E-state index contributed by atoms with van der Waals surface area (Å²) in [4.78, 5) is 11.8. The molecule has 0 aromatic heterocycles. The number of hydrogen-bond donors (Lipinski definition) is 1. The first-order chi connectivity index (χ1) is 10.1. The predicted molar refractivity (Wildman–Crippen MR) is 77.3 cm³/mol. The molecule has 112 valence electrons. The van der Waals surface area contributed by atoms with E-state index in [0.29, 0.717) is 6.42 Å². The van der Waals surface area contributed by atoms with Crippen molar-refractivity contribution in [1.29, 1.82) is 0 Å². The topological polar surface area (TPSA) is 55.8 Å². The zero-order valence-corrected chi connectivity index (χ0v) is 12.1. The highest BCUT2D eigenvalue weighted by Gasteiger charge is 2.49. The highest BCUT2D eigenvalue weighted by Crippen LogP contribution is 2.48. The Balaban J connectivity index is 2.03. The van der Waals surface area contributed by atoms with Crippen molar-refractivity contribution in [2.45, 2.75) is 37.4 Å². The molecule has 4 nitrogen and oxygen atoms in total. The molecule has 3 atom stereocenters. The van der Waals surface area contributed by atoms with Gasteiger partial charge in [0.25, 0.3) is 0 Å². The van der Waals surface area contributed by atoms with Gasteiger partial charge in [0.2, 0.25) is 11.5 Å². The third-order valence-corrected chi connectivity index (χ3v) is 4.50. The second kappa shape index (κ2) is 5.53. The van der Waals surface area contributed by atoms with Crippen LogP contribution in [0.2, 0.25) is 0 Å². The molecule has 1 heterocycles. The average molecular weight is 288 g/mol. The molecular weight excluding hydrogens is 268 g/mol. The van der Waals surface area contributed by atoms with Gasteiger partial charge in [0, 0.05) is 18.3 Å². The second-order valence-corrected chi connectivity index (χ2v) is 5.76. The zero-order valence-electron chi connectivity index (χ0n) is 12.1. The molecule has 0 spiro atoms. The van der Waals surface area contributed by atoms with E-state index in [-0.39, 0.29) is 17.6 Å². The molecule has 0 saturated heterocycles. The average Bonchev–Trinajstić information content (AvgIpc) is 2.53. The Morgan fingerprint density at radius 1 is 1.33 bits per heavy atom. The first kappa shape index (κ1) is 14.1. The van der Waals surface area contributed by atoms with Crippen LogP contribution in [-0.4, -0.2) is 24.0 Å². The van der Waals surface area contributed by atoms with Gasteiger partial charge in [-0.3, -0.25) is 0 Å². The van der Waals surface area contributed by atoms with Crippen molar-refractivity contribution in [1.82, 2.24) is 0 Å². The molecule has 1 aliphatic heterocycles. The minimum atomic E-state index is -1.27. The van der Waals surface area contributed by atoms with Gasteiger partial charge in [0.05, 0.1) is 7.11 Å². The molecule has 2 aliphatic rings. The van der Waals surface area contributed by atoms with Gasteiger partial charge in [0.1, 0.15) is 0 Å². The highest BCUT2D eigenvalue weighted by atomic mass is 16.6. The lowest BCUT2D eigenvalue weighted by atomic mass is 9.71. The second-order valence-electron chi connectivity index (χ2n) is 5.76. The number of methoxy groups -OCH3 is 1. The fourth-order valence-electron chi connectivity index (χ4n) is 3.46. The van der Waals surface area contributed by atoms with Crippen molar-refractivity contribution in [2.24, 2.45) is 5.92 Å². The Hall–Kier alpha value is -1.81. The van der Waals surface area contributed by atoms with Crippen LogP contribution in [-0.2, 0) is 14.3 Å². The van der Waals surface area contributed by atoms with E-state index in [1.807, 2.05) is 30.3 Å². The van der Waals surface area contributed by atoms with Gasteiger partial charge < -0.3 is 14.6 Å². The predicted octanol–water partition coefficient (Wildman–Crippen LogP) is 2.74. The van der Waals surface area contributed by atoms with E-state index in [0.717, 1.165) is 24.8 Å². The first-order valence-corrected chi connectivity index (χ1v) is 7.40. The Morgan fingerprint density at radius 2 is 2.10 bits per heavy atom. The monoisotopic (exact) mass is 288 g/mol. The number of allylic oxidation sites excluding steroid dienone is 1. The quantitative estimate of drug-likeness (QED) is 0.850. The summed E-state index contributed by atoms with van der Waals surface area (Å²) < 4.78 is 10.4. The van der Waals surface area contributed by atoms with E-state index in [1.54, 1.807) is 6.08 Å². The summed E-state index contributed by atoms with van der Waals surface area (Å²) in [7, 11) is 1.32. The minimum Gasteiger partial charge on any atom is -0.463 e. The van der Waals surface area contributed by atoms with Crippen LogP contribution in [0.4, 0.5) is 0 Å². The van der Waals surface area contributed by atoms with E-state index < -0.39 is 11.8 Å². The smallest absolute Gasteiger partial charge is 0.373 e. The van der Waals surface area contributed by atoms with Crippen molar-refractivity contribution >= 4 is 5.97 Å². The van der Waals surface area contributed by atoms with Crippen molar-refractivity contribution in [3.05, 3.63) is 47.7 Å². The maximum Gasteiger partial charge on any atom is 0.373 e. The lowest BCUT2D eigenvalue weighted by Crippen LogP contribution is -2.48. The Labute approximate surface area is 124 Å². The van der Waals surface area contributed by atoms with E-state index in [1.165, 1.54) is 7.11 Å². The lowest BCUT2D eigenvalue weighted by Gasteiger charge is -2.46. The molecule has 1 saturated carbocycles. The lowest BCUT2D eigenvalue weighted by molar-refractivity contribution is -0.243. The number of benzene rings is 1. The Morgan fingerprint density at radius 3 is 2.81 bits per heavy atom. The van der Waals surface area contributed by atoms with Crippen LogP contribution in [0.25, 0.3) is 0 Å². The maximum absolute atomic E-state index is 11.8. The summed E-state index contributed by atoms with van der Waals surface area (Å²) >= 11 is 0. The molecule has 0 amide bonds. The van der Waals surface area contributed by atoms with Crippen LogP contribution in [0.3, 0.4) is 0 Å². The third kappa shape index (κ3) is 2.56. The first-order valence-electron chi connectivity index (χ1n) is 7.40. The number of fused-ring (bicyclic) bond motifs is 1. The summed E-state index contributed by atoms with van der Waals surface area (Å²) in [6.07, 6.45) is 5.21. The maximum atomic E-state index is 11.8. The van der Waals surface area contributed by atoms with Crippen LogP contribution in [0.5, 0.6) is 0 Å². The van der Waals surface area contributed by atoms with Crippen LogP contribution < -0.4 is 0 Å². The molecule has 1 N–H and O–H groups in total. The Kier molecular flexibility index (Phi) is 3.72. The van der Waals surface area contributed by atoms with Gasteiger partial charge in [0.15, 0.2) is 0 Å². The largest absolute Gasteiger partial charge is 0.463 e. The normalized spacial score (nSPS) is 31.6. The molecule has 0 bridgehead atoms. The van der Waals surface area contributed by atoms with E-state index >= 15 is 0 Å². The van der Waals surface area contributed by atoms with Crippen molar-refractivity contribution in [3.8, 4) is 0 Å². The van der Waals surface area contributed by atoms with Crippen LogP contribution in [0.1, 0.15) is 37.2 Å². The summed E-state index contributed by atoms with van der Waals surface area (Å²) in [6.45, 7) is 0. The number of esters is 1. The number of rotatable bonds is 2. The fourth-order valence-corrected chi connectivity index (χ4v) is 3.46. The number of hydrogen-bond acceptors (Lipinski definition) is 4. The van der Waals surface area contributed by atoms with Crippen molar-refractivity contribution in [3.63, 3.8) is 0 Å². The van der Waals surface area contributed by atoms with E-state index in [9.17, 15) is 9.90 Å². The molecule has 1 fully saturated rings. The van der Waals surface area contributed by atoms with Crippen LogP contribution >= 0.6 is 0 Å². The summed E-state index contributed by atoms with van der Waals surface area (Å²) in [5.41, 5.74) is 1.09. The summed E-state index contributed by atoms with van der Waals surface area (Å²) in [5, 5.41) is 10.9.